The van der Waals surface area contributed by atoms with Crippen LogP contribution in [0, 0.1) is 0 Å². The standard InChI is InChI=1S/C14H21BrN2O4S2/c1-2-3-12-22(18,19)16-8-10-17(11-9-16)23(20,21)14-6-4-13(15)5-7-14/h4-7H,2-3,8-12H2,1H3. The fraction of sp³-hybridized carbons (Fsp3) is 0.571. The number of hydrogen-bond acceptors (Lipinski definition) is 4. The SMILES string of the molecule is CCCCS(=O)(=O)N1CCN(S(=O)(=O)c2ccc(Br)cc2)CC1. The fourth-order valence-corrected chi connectivity index (χ4v) is 5.72. The Morgan fingerprint density at radius 2 is 1.48 bits per heavy atom. The number of benzene rings is 1. The summed E-state index contributed by atoms with van der Waals surface area (Å²) in [4.78, 5) is 0.225. The Hall–Kier alpha value is -0.480. The van der Waals surface area contributed by atoms with Crippen LogP contribution in [-0.2, 0) is 20.0 Å². The topological polar surface area (TPSA) is 74.8 Å². The zero-order valence-electron chi connectivity index (χ0n) is 13.0. The van der Waals surface area contributed by atoms with E-state index in [0.717, 1.165) is 10.9 Å². The maximum absolute atomic E-state index is 12.6. The second-order valence-electron chi connectivity index (χ2n) is 5.43. The predicted octanol–water partition coefficient (Wildman–Crippen LogP) is 1.89. The van der Waals surface area contributed by atoms with Gasteiger partial charge in [-0.3, -0.25) is 0 Å². The lowest BCUT2D eigenvalue weighted by Crippen LogP contribution is -2.50. The summed E-state index contributed by atoms with van der Waals surface area (Å²) in [5, 5.41) is 0. The molecule has 0 unspecified atom stereocenters. The summed E-state index contributed by atoms with van der Waals surface area (Å²) in [5.74, 6) is 0.128. The van der Waals surface area contributed by atoms with E-state index in [1.54, 1.807) is 24.3 Å². The van der Waals surface area contributed by atoms with Crippen LogP contribution >= 0.6 is 15.9 Å². The summed E-state index contributed by atoms with van der Waals surface area (Å²) in [5.41, 5.74) is 0. The van der Waals surface area contributed by atoms with Crippen LogP contribution in [-0.4, -0.2) is 57.4 Å². The fourth-order valence-electron chi connectivity index (χ4n) is 2.40. The van der Waals surface area contributed by atoms with Crippen molar-refractivity contribution in [2.24, 2.45) is 0 Å². The molecule has 9 heteroatoms. The van der Waals surface area contributed by atoms with Crippen LogP contribution in [0.4, 0.5) is 0 Å². The molecule has 1 aliphatic rings. The van der Waals surface area contributed by atoms with Crippen LogP contribution in [0.5, 0.6) is 0 Å². The largest absolute Gasteiger partial charge is 0.243 e. The lowest BCUT2D eigenvalue weighted by Gasteiger charge is -2.33. The van der Waals surface area contributed by atoms with Crippen LogP contribution in [0.2, 0.25) is 0 Å². The number of hydrogen-bond donors (Lipinski definition) is 0. The molecule has 23 heavy (non-hydrogen) atoms. The van der Waals surface area contributed by atoms with Gasteiger partial charge in [-0.1, -0.05) is 29.3 Å². The second kappa shape index (κ2) is 7.60. The smallest absolute Gasteiger partial charge is 0.212 e. The quantitative estimate of drug-likeness (QED) is 0.698. The molecule has 0 amide bonds. The van der Waals surface area contributed by atoms with E-state index in [0.29, 0.717) is 6.42 Å². The van der Waals surface area contributed by atoms with Gasteiger partial charge in [-0.2, -0.15) is 8.61 Å². The Morgan fingerprint density at radius 3 is 2.00 bits per heavy atom. The van der Waals surface area contributed by atoms with E-state index in [1.807, 2.05) is 6.92 Å². The van der Waals surface area contributed by atoms with Crippen molar-refractivity contribution in [3.63, 3.8) is 0 Å². The Labute approximate surface area is 146 Å². The minimum absolute atomic E-state index is 0.128. The maximum Gasteiger partial charge on any atom is 0.243 e. The molecular weight excluding hydrogens is 404 g/mol. The normalized spacial score (nSPS) is 18.2. The molecule has 0 bridgehead atoms. The number of sulfonamides is 2. The van der Waals surface area contributed by atoms with Gasteiger partial charge in [0.05, 0.1) is 10.6 Å². The van der Waals surface area contributed by atoms with Gasteiger partial charge in [0, 0.05) is 30.7 Å². The van der Waals surface area contributed by atoms with E-state index >= 15 is 0 Å². The van der Waals surface area contributed by atoms with E-state index in [9.17, 15) is 16.8 Å². The lowest BCUT2D eigenvalue weighted by atomic mass is 10.4. The third kappa shape index (κ3) is 4.54. The third-order valence-electron chi connectivity index (χ3n) is 3.80. The van der Waals surface area contributed by atoms with Gasteiger partial charge in [0.2, 0.25) is 20.0 Å². The minimum Gasteiger partial charge on any atom is -0.212 e. The molecule has 1 aromatic rings. The molecule has 0 aliphatic carbocycles. The van der Waals surface area contributed by atoms with Gasteiger partial charge in [-0.15, -0.1) is 0 Å². The Bertz CT molecular complexity index is 725. The van der Waals surface area contributed by atoms with Crippen LogP contribution in [0.1, 0.15) is 19.8 Å². The molecule has 0 saturated carbocycles. The van der Waals surface area contributed by atoms with E-state index in [2.05, 4.69) is 15.9 Å². The van der Waals surface area contributed by atoms with Gasteiger partial charge in [0.25, 0.3) is 0 Å². The van der Waals surface area contributed by atoms with Crippen molar-refractivity contribution in [2.45, 2.75) is 24.7 Å². The van der Waals surface area contributed by atoms with Crippen LogP contribution < -0.4 is 0 Å². The number of halogens is 1. The molecule has 130 valence electrons. The molecule has 1 aliphatic heterocycles. The molecule has 0 radical (unpaired) electrons. The molecule has 0 aromatic heterocycles. The molecule has 1 aromatic carbocycles. The number of unbranched alkanes of at least 4 members (excludes halogenated alkanes) is 1. The molecule has 0 N–H and O–H groups in total. The highest BCUT2D eigenvalue weighted by molar-refractivity contribution is 9.10. The zero-order valence-corrected chi connectivity index (χ0v) is 16.2. The van der Waals surface area contributed by atoms with Crippen LogP contribution in [0.3, 0.4) is 0 Å². The van der Waals surface area contributed by atoms with Crippen molar-refractivity contribution in [1.82, 2.24) is 8.61 Å². The van der Waals surface area contributed by atoms with Gasteiger partial charge >= 0.3 is 0 Å². The summed E-state index contributed by atoms with van der Waals surface area (Å²) in [7, 11) is -6.85. The second-order valence-corrected chi connectivity index (χ2v) is 10.4. The van der Waals surface area contributed by atoms with Crippen molar-refractivity contribution in [2.75, 3.05) is 31.9 Å². The van der Waals surface area contributed by atoms with E-state index < -0.39 is 20.0 Å². The number of rotatable bonds is 6. The maximum atomic E-state index is 12.6. The van der Waals surface area contributed by atoms with Gasteiger partial charge in [-0.25, -0.2) is 16.8 Å². The Balaban J connectivity index is 2.05. The average Bonchev–Trinajstić information content (AvgIpc) is 2.53. The molecule has 0 spiro atoms. The summed E-state index contributed by atoms with van der Waals surface area (Å²) >= 11 is 3.28. The monoisotopic (exact) mass is 424 g/mol. The van der Waals surface area contributed by atoms with Crippen molar-refractivity contribution < 1.29 is 16.8 Å². The molecule has 1 heterocycles. The van der Waals surface area contributed by atoms with Crippen molar-refractivity contribution in [3.05, 3.63) is 28.7 Å². The summed E-state index contributed by atoms with van der Waals surface area (Å²) in [6.45, 7) is 2.73. The Kier molecular flexibility index (Phi) is 6.23. The lowest BCUT2D eigenvalue weighted by molar-refractivity contribution is 0.272. The van der Waals surface area contributed by atoms with Gasteiger partial charge in [0.15, 0.2) is 0 Å². The van der Waals surface area contributed by atoms with Crippen LogP contribution in [0.25, 0.3) is 0 Å². The van der Waals surface area contributed by atoms with Crippen molar-refractivity contribution in [1.29, 1.82) is 0 Å². The molecule has 6 nitrogen and oxygen atoms in total. The van der Waals surface area contributed by atoms with Crippen molar-refractivity contribution in [3.8, 4) is 0 Å². The average molecular weight is 425 g/mol. The number of nitrogens with zero attached hydrogens (tertiary/aromatic N) is 2. The van der Waals surface area contributed by atoms with Gasteiger partial charge < -0.3 is 0 Å². The van der Waals surface area contributed by atoms with Crippen LogP contribution in [0.15, 0.2) is 33.6 Å². The summed E-state index contributed by atoms with van der Waals surface area (Å²) < 4.78 is 53.0. The highest BCUT2D eigenvalue weighted by Gasteiger charge is 2.32. The first kappa shape index (κ1) is 18.9. The van der Waals surface area contributed by atoms with Gasteiger partial charge in [0.1, 0.15) is 0 Å². The van der Waals surface area contributed by atoms with E-state index in [1.165, 1.54) is 8.61 Å². The Morgan fingerprint density at radius 1 is 0.957 bits per heavy atom. The highest BCUT2D eigenvalue weighted by Crippen LogP contribution is 2.21. The molecular formula is C14H21BrN2O4S2. The van der Waals surface area contributed by atoms with E-state index in [4.69, 9.17) is 0 Å². The first-order valence-electron chi connectivity index (χ1n) is 7.51. The minimum atomic E-state index is -3.57. The first-order chi connectivity index (χ1) is 10.8. The molecule has 1 fully saturated rings. The third-order valence-corrected chi connectivity index (χ3v) is 8.20. The summed E-state index contributed by atoms with van der Waals surface area (Å²) in [6, 6.07) is 6.45. The highest BCUT2D eigenvalue weighted by atomic mass is 79.9. The zero-order chi connectivity index (χ0) is 17.1. The molecule has 2 rings (SSSR count). The predicted molar refractivity (Wildman–Crippen MR) is 93.2 cm³/mol. The molecule has 1 saturated heterocycles. The van der Waals surface area contributed by atoms with Gasteiger partial charge in [-0.05, 0) is 30.7 Å². The van der Waals surface area contributed by atoms with E-state index in [-0.39, 0.29) is 36.8 Å². The summed E-state index contributed by atoms with van der Waals surface area (Å²) in [6.07, 6.45) is 1.44. The first-order valence-corrected chi connectivity index (χ1v) is 11.3. The molecule has 0 atom stereocenters. The van der Waals surface area contributed by atoms with Crippen molar-refractivity contribution >= 4 is 36.0 Å². The number of piperazine rings is 1.